The van der Waals surface area contributed by atoms with Crippen LogP contribution in [0.15, 0.2) is 29.2 Å². The van der Waals surface area contributed by atoms with E-state index in [1.54, 1.807) is 7.11 Å². The Morgan fingerprint density at radius 3 is 2.75 bits per heavy atom. The molecule has 0 heterocycles. The minimum absolute atomic E-state index is 0.222. The van der Waals surface area contributed by atoms with Crippen LogP contribution in [0.4, 0.5) is 0 Å². The van der Waals surface area contributed by atoms with Gasteiger partial charge in [0.05, 0.1) is 0 Å². The Labute approximate surface area is 77.9 Å². The lowest BCUT2D eigenvalue weighted by atomic mass is 10.3. The summed E-state index contributed by atoms with van der Waals surface area (Å²) in [4.78, 5) is 0.885. The molecule has 0 aliphatic heterocycles. The van der Waals surface area contributed by atoms with Crippen molar-refractivity contribution in [2.45, 2.75) is 18.1 Å². The average Bonchev–Trinajstić information content (AvgIpc) is 2.04. The van der Waals surface area contributed by atoms with E-state index in [1.165, 1.54) is 0 Å². The Morgan fingerprint density at radius 2 is 2.17 bits per heavy atom. The highest BCUT2D eigenvalue weighted by Gasteiger charge is 2.00. The standard InChI is InChI=1S/C9H12O2S/c1-7(10-2)11-8-4-3-5-9(12)6-8/h3-7,12H,1-2H3. The van der Waals surface area contributed by atoms with E-state index in [0.717, 1.165) is 10.6 Å². The van der Waals surface area contributed by atoms with Crippen LogP contribution in [0.3, 0.4) is 0 Å². The first-order valence-corrected chi connectivity index (χ1v) is 4.15. The van der Waals surface area contributed by atoms with Gasteiger partial charge in [0.25, 0.3) is 0 Å². The number of rotatable bonds is 3. The van der Waals surface area contributed by atoms with Gasteiger partial charge in [-0.3, -0.25) is 0 Å². The van der Waals surface area contributed by atoms with Gasteiger partial charge in [0, 0.05) is 12.0 Å². The molecule has 0 bridgehead atoms. The molecule has 1 rings (SSSR count). The number of ether oxygens (including phenoxy) is 2. The monoisotopic (exact) mass is 184 g/mol. The molecule has 0 spiro atoms. The average molecular weight is 184 g/mol. The predicted octanol–water partition coefficient (Wildman–Crippen LogP) is 2.35. The van der Waals surface area contributed by atoms with E-state index in [2.05, 4.69) is 12.6 Å². The number of methoxy groups -OCH3 is 1. The maximum atomic E-state index is 5.37. The van der Waals surface area contributed by atoms with Gasteiger partial charge >= 0.3 is 0 Å². The highest BCUT2D eigenvalue weighted by atomic mass is 32.1. The zero-order valence-electron chi connectivity index (χ0n) is 7.15. The smallest absolute Gasteiger partial charge is 0.196 e. The summed E-state index contributed by atoms with van der Waals surface area (Å²) in [5, 5.41) is 0. The van der Waals surface area contributed by atoms with Crippen LogP contribution in [0.25, 0.3) is 0 Å². The number of benzene rings is 1. The molecule has 0 radical (unpaired) electrons. The second kappa shape index (κ2) is 4.38. The fraction of sp³-hybridized carbons (Fsp3) is 0.333. The lowest BCUT2D eigenvalue weighted by Crippen LogP contribution is -2.13. The summed E-state index contributed by atoms with van der Waals surface area (Å²) in [7, 11) is 1.61. The lowest BCUT2D eigenvalue weighted by Gasteiger charge is -2.12. The van der Waals surface area contributed by atoms with Crippen molar-refractivity contribution < 1.29 is 9.47 Å². The Bertz CT molecular complexity index is 250. The molecular weight excluding hydrogens is 172 g/mol. The minimum atomic E-state index is -0.222. The fourth-order valence-corrected chi connectivity index (χ4v) is 1.01. The van der Waals surface area contributed by atoms with Crippen LogP contribution in [0.5, 0.6) is 5.75 Å². The first-order chi connectivity index (χ1) is 5.72. The molecule has 0 saturated carbocycles. The number of hydrogen-bond acceptors (Lipinski definition) is 3. The van der Waals surface area contributed by atoms with E-state index in [4.69, 9.17) is 9.47 Å². The molecule has 1 aromatic rings. The highest BCUT2D eigenvalue weighted by molar-refractivity contribution is 7.80. The van der Waals surface area contributed by atoms with Gasteiger partial charge in [0.1, 0.15) is 5.75 Å². The molecule has 0 amide bonds. The van der Waals surface area contributed by atoms with Crippen molar-refractivity contribution in [3.63, 3.8) is 0 Å². The van der Waals surface area contributed by atoms with Crippen LogP contribution in [0, 0.1) is 0 Å². The largest absolute Gasteiger partial charge is 0.465 e. The van der Waals surface area contributed by atoms with Crippen LogP contribution in [-0.2, 0) is 4.74 Å². The summed E-state index contributed by atoms with van der Waals surface area (Å²) in [5.41, 5.74) is 0. The Hall–Kier alpha value is -0.670. The third-order valence-corrected chi connectivity index (χ3v) is 1.73. The van der Waals surface area contributed by atoms with Crippen molar-refractivity contribution in [1.82, 2.24) is 0 Å². The Kier molecular flexibility index (Phi) is 3.44. The van der Waals surface area contributed by atoms with Crippen molar-refractivity contribution in [3.8, 4) is 5.75 Å². The first-order valence-electron chi connectivity index (χ1n) is 3.71. The third kappa shape index (κ3) is 2.75. The van der Waals surface area contributed by atoms with Crippen molar-refractivity contribution in [2.75, 3.05) is 7.11 Å². The molecule has 0 aliphatic rings. The van der Waals surface area contributed by atoms with Gasteiger partial charge in [-0.25, -0.2) is 0 Å². The molecule has 0 N–H and O–H groups in total. The van der Waals surface area contributed by atoms with Crippen LogP contribution in [0.2, 0.25) is 0 Å². The van der Waals surface area contributed by atoms with E-state index < -0.39 is 0 Å². The van der Waals surface area contributed by atoms with Crippen LogP contribution < -0.4 is 4.74 Å². The number of thiol groups is 1. The van der Waals surface area contributed by atoms with Gasteiger partial charge in [0.2, 0.25) is 0 Å². The van der Waals surface area contributed by atoms with Gasteiger partial charge in [0.15, 0.2) is 6.29 Å². The van der Waals surface area contributed by atoms with Gasteiger partial charge in [-0.05, 0) is 25.1 Å². The minimum Gasteiger partial charge on any atom is -0.465 e. The number of hydrogen-bond donors (Lipinski definition) is 1. The van der Waals surface area contributed by atoms with Gasteiger partial charge in [-0.15, -0.1) is 12.6 Å². The third-order valence-electron chi connectivity index (χ3n) is 1.45. The lowest BCUT2D eigenvalue weighted by molar-refractivity contribution is -0.0383. The van der Waals surface area contributed by atoms with Crippen LogP contribution >= 0.6 is 12.6 Å². The normalized spacial score (nSPS) is 12.6. The molecule has 1 unspecified atom stereocenters. The summed E-state index contributed by atoms with van der Waals surface area (Å²) in [6, 6.07) is 7.50. The first kappa shape index (κ1) is 9.42. The Morgan fingerprint density at radius 1 is 1.42 bits per heavy atom. The quantitative estimate of drug-likeness (QED) is 0.574. The molecule has 1 aromatic carbocycles. The van der Waals surface area contributed by atoms with Crippen molar-refractivity contribution in [1.29, 1.82) is 0 Å². The Balaban J connectivity index is 2.63. The predicted molar refractivity (Wildman–Crippen MR) is 50.8 cm³/mol. The molecule has 0 aliphatic carbocycles. The zero-order chi connectivity index (χ0) is 8.97. The summed E-state index contributed by atoms with van der Waals surface area (Å²) in [6.45, 7) is 1.84. The molecule has 1 atom stereocenters. The fourth-order valence-electron chi connectivity index (χ4n) is 0.797. The maximum absolute atomic E-state index is 5.37. The van der Waals surface area contributed by atoms with Crippen molar-refractivity contribution in [2.24, 2.45) is 0 Å². The molecule has 0 fully saturated rings. The summed E-state index contributed by atoms with van der Waals surface area (Å²) in [5.74, 6) is 0.775. The summed E-state index contributed by atoms with van der Waals surface area (Å²) < 4.78 is 10.3. The summed E-state index contributed by atoms with van der Waals surface area (Å²) >= 11 is 4.18. The van der Waals surface area contributed by atoms with Gasteiger partial charge in [-0.2, -0.15) is 0 Å². The van der Waals surface area contributed by atoms with Crippen LogP contribution in [0.1, 0.15) is 6.92 Å². The van der Waals surface area contributed by atoms with Crippen molar-refractivity contribution >= 4 is 12.6 Å². The van der Waals surface area contributed by atoms with E-state index in [9.17, 15) is 0 Å². The van der Waals surface area contributed by atoms with Crippen LogP contribution in [-0.4, -0.2) is 13.4 Å². The van der Waals surface area contributed by atoms with Gasteiger partial charge in [-0.1, -0.05) is 6.07 Å². The molecule has 0 saturated heterocycles. The SMILES string of the molecule is COC(C)Oc1cccc(S)c1. The molecule has 66 valence electrons. The molecular formula is C9H12O2S. The maximum Gasteiger partial charge on any atom is 0.196 e. The van der Waals surface area contributed by atoms with E-state index >= 15 is 0 Å². The van der Waals surface area contributed by atoms with E-state index in [1.807, 2.05) is 31.2 Å². The molecule has 2 nitrogen and oxygen atoms in total. The second-order valence-electron chi connectivity index (χ2n) is 2.42. The van der Waals surface area contributed by atoms with Crippen molar-refractivity contribution in [3.05, 3.63) is 24.3 Å². The second-order valence-corrected chi connectivity index (χ2v) is 2.93. The highest BCUT2D eigenvalue weighted by Crippen LogP contribution is 2.16. The molecule has 12 heavy (non-hydrogen) atoms. The topological polar surface area (TPSA) is 18.5 Å². The van der Waals surface area contributed by atoms with Gasteiger partial charge < -0.3 is 9.47 Å². The zero-order valence-corrected chi connectivity index (χ0v) is 8.04. The van der Waals surface area contributed by atoms with E-state index in [0.29, 0.717) is 0 Å². The summed E-state index contributed by atoms with van der Waals surface area (Å²) in [6.07, 6.45) is -0.222. The molecule has 0 aromatic heterocycles. The molecule has 3 heteroatoms. The van der Waals surface area contributed by atoms with E-state index in [-0.39, 0.29) is 6.29 Å².